The summed E-state index contributed by atoms with van der Waals surface area (Å²) in [4.78, 5) is 10.4. The molecule has 3 aromatic rings. The van der Waals surface area contributed by atoms with Crippen molar-refractivity contribution in [2.75, 3.05) is 12.8 Å². The third kappa shape index (κ3) is 2.96. The summed E-state index contributed by atoms with van der Waals surface area (Å²) < 4.78 is 11.0. The van der Waals surface area contributed by atoms with Crippen LogP contribution in [0.1, 0.15) is 10.4 Å². The number of nitrogens with zero attached hydrogens (tertiary/aromatic N) is 2. The minimum Gasteiger partial charge on any atom is -0.438 e. The Morgan fingerprint density at radius 1 is 1.24 bits per heavy atom. The number of rotatable bonds is 4. The van der Waals surface area contributed by atoms with Gasteiger partial charge in [-0.15, -0.1) is 11.3 Å². The standard InChI is InChI=1S/C15H15N3O2S/c1-9-6-12-13(17-15(16)18-14(12)21-9)20-11-5-3-4-10(7-11)8-19-2/h3-7H,8H2,1-2H3,(H2,16,17,18). The van der Waals surface area contributed by atoms with Gasteiger partial charge in [-0.05, 0) is 30.7 Å². The van der Waals surface area contributed by atoms with Gasteiger partial charge in [0.2, 0.25) is 11.8 Å². The number of methoxy groups -OCH3 is 1. The topological polar surface area (TPSA) is 70.3 Å². The summed E-state index contributed by atoms with van der Waals surface area (Å²) in [7, 11) is 1.66. The lowest BCUT2D eigenvalue weighted by molar-refractivity contribution is 0.184. The van der Waals surface area contributed by atoms with Crippen LogP contribution in [0.3, 0.4) is 0 Å². The van der Waals surface area contributed by atoms with E-state index in [1.807, 2.05) is 37.3 Å². The molecule has 5 nitrogen and oxygen atoms in total. The predicted octanol–water partition coefficient (Wildman–Crippen LogP) is 3.52. The summed E-state index contributed by atoms with van der Waals surface area (Å²) in [5, 5.41) is 0.879. The highest BCUT2D eigenvalue weighted by Crippen LogP contribution is 2.33. The Morgan fingerprint density at radius 2 is 2.10 bits per heavy atom. The average Bonchev–Trinajstić information content (AvgIpc) is 2.80. The molecular weight excluding hydrogens is 286 g/mol. The summed E-state index contributed by atoms with van der Waals surface area (Å²) in [6.07, 6.45) is 0. The lowest BCUT2D eigenvalue weighted by Gasteiger charge is -2.08. The lowest BCUT2D eigenvalue weighted by Crippen LogP contribution is -1.97. The number of hydrogen-bond donors (Lipinski definition) is 1. The third-order valence-electron chi connectivity index (χ3n) is 2.92. The van der Waals surface area contributed by atoms with E-state index >= 15 is 0 Å². The van der Waals surface area contributed by atoms with E-state index in [0.717, 1.165) is 20.7 Å². The minimum absolute atomic E-state index is 0.215. The SMILES string of the molecule is COCc1cccc(Oc2nc(N)nc3sc(C)cc23)c1. The number of ether oxygens (including phenoxy) is 2. The highest BCUT2D eigenvalue weighted by Gasteiger charge is 2.11. The zero-order valence-corrected chi connectivity index (χ0v) is 12.6. The van der Waals surface area contributed by atoms with Crippen LogP contribution < -0.4 is 10.5 Å². The van der Waals surface area contributed by atoms with Crippen LogP contribution in [0.25, 0.3) is 10.2 Å². The molecule has 0 bridgehead atoms. The first-order chi connectivity index (χ1) is 10.2. The molecule has 6 heteroatoms. The number of benzene rings is 1. The molecule has 2 heterocycles. The maximum absolute atomic E-state index is 5.89. The number of aryl methyl sites for hydroxylation is 1. The third-order valence-corrected chi connectivity index (χ3v) is 3.87. The molecule has 21 heavy (non-hydrogen) atoms. The van der Waals surface area contributed by atoms with Crippen molar-refractivity contribution < 1.29 is 9.47 Å². The van der Waals surface area contributed by atoms with Crippen LogP contribution in [0, 0.1) is 6.92 Å². The van der Waals surface area contributed by atoms with Crippen LogP contribution in [0.15, 0.2) is 30.3 Å². The maximum atomic E-state index is 5.89. The fourth-order valence-corrected chi connectivity index (χ4v) is 2.96. The molecular formula is C15H15N3O2S. The van der Waals surface area contributed by atoms with Gasteiger partial charge in [0, 0.05) is 12.0 Å². The first-order valence-electron chi connectivity index (χ1n) is 6.45. The number of nitrogens with two attached hydrogens (primary N) is 1. The van der Waals surface area contributed by atoms with Gasteiger partial charge in [-0.1, -0.05) is 12.1 Å². The van der Waals surface area contributed by atoms with E-state index in [1.165, 1.54) is 0 Å². The van der Waals surface area contributed by atoms with Crippen molar-refractivity contribution in [2.45, 2.75) is 13.5 Å². The van der Waals surface area contributed by atoms with Crippen molar-refractivity contribution in [1.29, 1.82) is 0 Å². The number of nitrogen functional groups attached to an aromatic ring is 1. The van der Waals surface area contributed by atoms with Crippen molar-refractivity contribution in [2.24, 2.45) is 0 Å². The molecule has 0 saturated heterocycles. The van der Waals surface area contributed by atoms with Crippen LogP contribution >= 0.6 is 11.3 Å². The molecule has 0 aliphatic rings. The second kappa shape index (κ2) is 5.67. The van der Waals surface area contributed by atoms with Crippen LogP contribution in [-0.2, 0) is 11.3 Å². The number of hydrogen-bond acceptors (Lipinski definition) is 6. The van der Waals surface area contributed by atoms with Gasteiger partial charge >= 0.3 is 0 Å². The first kappa shape index (κ1) is 13.8. The van der Waals surface area contributed by atoms with Gasteiger partial charge in [-0.3, -0.25) is 0 Å². The Hall–Kier alpha value is -2.18. The maximum Gasteiger partial charge on any atom is 0.232 e. The Labute approximate surface area is 126 Å². The van der Waals surface area contributed by atoms with E-state index in [1.54, 1.807) is 18.4 Å². The largest absolute Gasteiger partial charge is 0.438 e. The summed E-state index contributed by atoms with van der Waals surface area (Å²) in [6.45, 7) is 2.56. The summed E-state index contributed by atoms with van der Waals surface area (Å²) in [5.41, 5.74) is 6.79. The van der Waals surface area contributed by atoms with Gasteiger partial charge in [-0.2, -0.15) is 4.98 Å². The molecule has 3 rings (SSSR count). The van der Waals surface area contributed by atoms with Crippen LogP contribution in [-0.4, -0.2) is 17.1 Å². The Balaban J connectivity index is 1.99. The second-order valence-corrected chi connectivity index (χ2v) is 5.88. The van der Waals surface area contributed by atoms with Gasteiger partial charge in [0.1, 0.15) is 10.6 Å². The van der Waals surface area contributed by atoms with E-state index in [4.69, 9.17) is 15.2 Å². The first-order valence-corrected chi connectivity index (χ1v) is 7.27. The molecule has 2 N–H and O–H groups in total. The smallest absolute Gasteiger partial charge is 0.232 e. The van der Waals surface area contributed by atoms with Crippen molar-refractivity contribution in [3.05, 3.63) is 40.8 Å². The highest BCUT2D eigenvalue weighted by molar-refractivity contribution is 7.18. The second-order valence-electron chi connectivity index (χ2n) is 4.65. The van der Waals surface area contributed by atoms with E-state index in [0.29, 0.717) is 18.2 Å². The van der Waals surface area contributed by atoms with Gasteiger partial charge in [0.25, 0.3) is 0 Å². The number of fused-ring (bicyclic) bond motifs is 1. The molecule has 108 valence electrons. The zero-order chi connectivity index (χ0) is 14.8. The van der Waals surface area contributed by atoms with Gasteiger partial charge in [0.05, 0.1) is 12.0 Å². The van der Waals surface area contributed by atoms with Gasteiger partial charge < -0.3 is 15.2 Å². The monoisotopic (exact) mass is 301 g/mol. The molecule has 0 atom stereocenters. The molecule has 0 unspecified atom stereocenters. The summed E-state index contributed by atoms with van der Waals surface area (Å²) >= 11 is 1.57. The quantitative estimate of drug-likeness (QED) is 0.798. The molecule has 0 amide bonds. The van der Waals surface area contributed by atoms with Crippen molar-refractivity contribution in [3.63, 3.8) is 0 Å². The molecule has 0 spiro atoms. The van der Waals surface area contributed by atoms with E-state index in [2.05, 4.69) is 9.97 Å². The zero-order valence-electron chi connectivity index (χ0n) is 11.8. The van der Waals surface area contributed by atoms with E-state index < -0.39 is 0 Å². The Morgan fingerprint density at radius 3 is 2.90 bits per heavy atom. The number of anilines is 1. The molecule has 0 saturated carbocycles. The molecule has 0 aliphatic heterocycles. The normalized spacial score (nSPS) is 11.0. The lowest BCUT2D eigenvalue weighted by atomic mass is 10.2. The highest BCUT2D eigenvalue weighted by atomic mass is 32.1. The molecule has 0 fully saturated rings. The Kier molecular flexibility index (Phi) is 3.72. The number of aromatic nitrogens is 2. The summed E-state index contributed by atoms with van der Waals surface area (Å²) in [5.74, 6) is 1.40. The van der Waals surface area contributed by atoms with Gasteiger partial charge in [-0.25, -0.2) is 4.98 Å². The molecule has 1 aromatic carbocycles. The van der Waals surface area contributed by atoms with Crippen molar-refractivity contribution in [1.82, 2.24) is 9.97 Å². The molecule has 2 aromatic heterocycles. The minimum atomic E-state index is 0.215. The predicted molar refractivity (Wildman–Crippen MR) is 83.8 cm³/mol. The van der Waals surface area contributed by atoms with Crippen molar-refractivity contribution in [3.8, 4) is 11.6 Å². The van der Waals surface area contributed by atoms with Crippen LogP contribution in [0.2, 0.25) is 0 Å². The van der Waals surface area contributed by atoms with Crippen molar-refractivity contribution >= 4 is 27.5 Å². The number of thiophene rings is 1. The van der Waals surface area contributed by atoms with Gasteiger partial charge in [0.15, 0.2) is 0 Å². The fourth-order valence-electron chi connectivity index (χ4n) is 2.09. The average molecular weight is 301 g/mol. The molecule has 0 radical (unpaired) electrons. The Bertz CT molecular complexity index is 786. The van der Waals surface area contributed by atoms with Crippen LogP contribution in [0.4, 0.5) is 5.95 Å². The summed E-state index contributed by atoms with van der Waals surface area (Å²) in [6, 6.07) is 9.71. The van der Waals surface area contributed by atoms with E-state index in [-0.39, 0.29) is 5.95 Å². The van der Waals surface area contributed by atoms with Crippen LogP contribution in [0.5, 0.6) is 11.6 Å². The fraction of sp³-hybridized carbons (Fsp3) is 0.200. The molecule has 0 aliphatic carbocycles. The van der Waals surface area contributed by atoms with E-state index in [9.17, 15) is 0 Å².